The summed E-state index contributed by atoms with van der Waals surface area (Å²) in [5, 5.41) is 3.98. The van der Waals surface area contributed by atoms with Crippen LogP contribution in [0.25, 0.3) is 0 Å². The number of amides is 1. The summed E-state index contributed by atoms with van der Waals surface area (Å²) in [6.45, 7) is 10.9. The van der Waals surface area contributed by atoms with E-state index in [0.717, 1.165) is 29.4 Å². The predicted octanol–water partition coefficient (Wildman–Crippen LogP) is 3.73. The standard InChI is InChI=1S/C20H31N3O2S/c1-12(2)16-8-18(25)23-15(11-26-19(23)22-16)7-17(24)21-14-6-13(3)9-20(4,5)10-14/h8,12-15H,6-7,9-11H2,1-5H3,(H,21,24)/t13-,14+,15+/m1/s1. The van der Waals surface area contributed by atoms with E-state index in [1.165, 1.54) is 6.42 Å². The number of aromatic nitrogens is 2. The van der Waals surface area contributed by atoms with Crippen molar-refractivity contribution < 1.29 is 4.79 Å². The lowest BCUT2D eigenvalue weighted by atomic mass is 9.70. The number of fused-ring (bicyclic) bond motifs is 1. The van der Waals surface area contributed by atoms with Gasteiger partial charge in [-0.1, -0.05) is 46.4 Å². The SMILES string of the molecule is CC(C)c1cc(=O)n2c(n1)SC[C@@H]2CC(=O)N[C@H]1C[C@@H](C)CC(C)(C)C1. The highest BCUT2D eigenvalue weighted by Gasteiger charge is 2.34. The smallest absolute Gasteiger partial charge is 0.254 e. The average molecular weight is 378 g/mol. The summed E-state index contributed by atoms with van der Waals surface area (Å²) < 4.78 is 1.71. The van der Waals surface area contributed by atoms with Gasteiger partial charge in [-0.25, -0.2) is 4.98 Å². The van der Waals surface area contributed by atoms with Crippen LogP contribution in [0, 0.1) is 11.3 Å². The molecule has 1 aliphatic heterocycles. The maximum atomic E-state index is 12.6. The van der Waals surface area contributed by atoms with Gasteiger partial charge in [-0.05, 0) is 36.5 Å². The molecule has 5 nitrogen and oxygen atoms in total. The number of carbonyl (C=O) groups excluding carboxylic acids is 1. The summed E-state index contributed by atoms with van der Waals surface area (Å²) in [6, 6.07) is 1.77. The molecule has 1 aromatic rings. The van der Waals surface area contributed by atoms with E-state index >= 15 is 0 Å². The maximum absolute atomic E-state index is 12.6. The number of rotatable bonds is 4. The zero-order valence-corrected chi connectivity index (χ0v) is 17.4. The number of nitrogens with one attached hydrogen (secondary N) is 1. The molecular weight excluding hydrogens is 346 g/mol. The second-order valence-corrected chi connectivity index (χ2v) is 10.2. The van der Waals surface area contributed by atoms with Crippen LogP contribution in [-0.4, -0.2) is 27.3 Å². The Bertz CT molecular complexity index is 741. The quantitative estimate of drug-likeness (QED) is 0.812. The lowest BCUT2D eigenvalue weighted by Gasteiger charge is -2.39. The first-order chi connectivity index (χ1) is 12.1. The van der Waals surface area contributed by atoms with Gasteiger partial charge >= 0.3 is 0 Å². The summed E-state index contributed by atoms with van der Waals surface area (Å²) in [5.74, 6) is 1.66. The lowest BCUT2D eigenvalue weighted by molar-refractivity contribution is -0.123. The number of hydrogen-bond donors (Lipinski definition) is 1. The molecule has 26 heavy (non-hydrogen) atoms. The molecule has 1 aliphatic carbocycles. The first-order valence-electron chi connectivity index (χ1n) is 9.70. The number of hydrogen-bond acceptors (Lipinski definition) is 4. The molecule has 1 aromatic heterocycles. The molecule has 0 bridgehead atoms. The fourth-order valence-electron chi connectivity index (χ4n) is 4.57. The molecule has 1 fully saturated rings. The molecule has 0 saturated heterocycles. The van der Waals surface area contributed by atoms with Crippen molar-refractivity contribution in [1.29, 1.82) is 0 Å². The van der Waals surface area contributed by atoms with Gasteiger partial charge in [0.1, 0.15) is 0 Å². The van der Waals surface area contributed by atoms with E-state index in [4.69, 9.17) is 0 Å². The van der Waals surface area contributed by atoms with Crippen molar-refractivity contribution in [3.63, 3.8) is 0 Å². The third kappa shape index (κ3) is 4.33. The molecule has 1 N–H and O–H groups in total. The third-order valence-corrected chi connectivity index (χ3v) is 6.57. The van der Waals surface area contributed by atoms with E-state index in [0.29, 0.717) is 12.3 Å². The minimum Gasteiger partial charge on any atom is -0.353 e. The zero-order chi connectivity index (χ0) is 19.1. The molecule has 3 rings (SSSR count). The molecule has 1 saturated carbocycles. The van der Waals surface area contributed by atoms with E-state index in [1.807, 2.05) is 13.8 Å². The van der Waals surface area contributed by atoms with Crippen molar-refractivity contribution in [2.75, 3.05) is 5.75 Å². The van der Waals surface area contributed by atoms with E-state index < -0.39 is 0 Å². The van der Waals surface area contributed by atoms with Crippen LogP contribution < -0.4 is 10.9 Å². The Morgan fingerprint density at radius 2 is 2.15 bits per heavy atom. The minimum atomic E-state index is -0.0924. The van der Waals surface area contributed by atoms with E-state index in [-0.39, 0.29) is 34.9 Å². The van der Waals surface area contributed by atoms with Crippen molar-refractivity contribution in [2.45, 2.75) is 83.5 Å². The molecule has 1 amide bonds. The van der Waals surface area contributed by atoms with Crippen molar-refractivity contribution in [2.24, 2.45) is 11.3 Å². The van der Waals surface area contributed by atoms with Gasteiger partial charge < -0.3 is 5.32 Å². The van der Waals surface area contributed by atoms with Crippen LogP contribution in [-0.2, 0) is 4.79 Å². The van der Waals surface area contributed by atoms with Gasteiger partial charge in [-0.15, -0.1) is 0 Å². The van der Waals surface area contributed by atoms with E-state index in [2.05, 4.69) is 31.1 Å². The molecule has 0 aromatic carbocycles. The number of thioether (sulfide) groups is 1. The molecule has 144 valence electrons. The first kappa shape index (κ1) is 19.5. The second kappa shape index (κ2) is 7.37. The summed E-state index contributed by atoms with van der Waals surface area (Å²) in [7, 11) is 0. The highest BCUT2D eigenvalue weighted by atomic mass is 32.2. The fourth-order valence-corrected chi connectivity index (χ4v) is 5.73. The van der Waals surface area contributed by atoms with Gasteiger partial charge in [0.2, 0.25) is 5.91 Å². The number of nitrogens with zero attached hydrogens (tertiary/aromatic N) is 2. The van der Waals surface area contributed by atoms with E-state index in [9.17, 15) is 9.59 Å². The lowest BCUT2D eigenvalue weighted by Crippen LogP contribution is -2.43. The van der Waals surface area contributed by atoms with Gasteiger partial charge in [0, 0.05) is 24.3 Å². The van der Waals surface area contributed by atoms with Gasteiger partial charge in [0.05, 0.1) is 11.7 Å². The second-order valence-electron chi connectivity index (χ2n) is 9.17. The van der Waals surface area contributed by atoms with Crippen LogP contribution in [0.4, 0.5) is 0 Å². The Labute approximate surface area is 160 Å². The molecule has 0 spiro atoms. The fraction of sp³-hybridized carbons (Fsp3) is 0.750. The van der Waals surface area contributed by atoms with Gasteiger partial charge in [-0.2, -0.15) is 0 Å². The van der Waals surface area contributed by atoms with Crippen LogP contribution in [0.3, 0.4) is 0 Å². The predicted molar refractivity (Wildman–Crippen MR) is 106 cm³/mol. The molecule has 2 heterocycles. The van der Waals surface area contributed by atoms with Crippen LogP contribution >= 0.6 is 11.8 Å². The largest absolute Gasteiger partial charge is 0.353 e. The first-order valence-corrected chi connectivity index (χ1v) is 10.7. The van der Waals surface area contributed by atoms with Crippen LogP contribution in [0.15, 0.2) is 16.0 Å². The molecule has 6 heteroatoms. The molecule has 0 radical (unpaired) electrons. The monoisotopic (exact) mass is 377 g/mol. The van der Waals surface area contributed by atoms with Crippen molar-refractivity contribution >= 4 is 17.7 Å². The van der Waals surface area contributed by atoms with Crippen LogP contribution in [0.1, 0.15) is 78.0 Å². The third-order valence-electron chi connectivity index (χ3n) is 5.47. The maximum Gasteiger partial charge on any atom is 0.254 e. The Balaban J connectivity index is 1.66. The van der Waals surface area contributed by atoms with Gasteiger partial charge in [0.25, 0.3) is 5.56 Å². The molecule has 2 aliphatic rings. The van der Waals surface area contributed by atoms with E-state index in [1.54, 1.807) is 22.4 Å². The highest BCUT2D eigenvalue weighted by molar-refractivity contribution is 7.99. The normalized spacial score (nSPS) is 27.4. The van der Waals surface area contributed by atoms with Crippen molar-refractivity contribution in [3.05, 3.63) is 22.1 Å². The summed E-state index contributed by atoms with van der Waals surface area (Å²) in [6.07, 6.45) is 3.64. The highest BCUT2D eigenvalue weighted by Crippen LogP contribution is 2.39. The minimum absolute atomic E-state index is 0.0334. The van der Waals surface area contributed by atoms with Crippen molar-refractivity contribution in [3.8, 4) is 0 Å². The molecule has 3 atom stereocenters. The molecule has 0 unspecified atom stereocenters. The topological polar surface area (TPSA) is 64.0 Å². The Hall–Kier alpha value is -1.30. The zero-order valence-electron chi connectivity index (χ0n) is 16.5. The van der Waals surface area contributed by atoms with Gasteiger partial charge in [-0.3, -0.25) is 14.2 Å². The number of carbonyl (C=O) groups is 1. The summed E-state index contributed by atoms with van der Waals surface area (Å²) >= 11 is 1.58. The summed E-state index contributed by atoms with van der Waals surface area (Å²) in [4.78, 5) is 29.8. The van der Waals surface area contributed by atoms with Crippen molar-refractivity contribution in [1.82, 2.24) is 14.9 Å². The average Bonchev–Trinajstić information content (AvgIpc) is 2.88. The Kier molecular flexibility index (Phi) is 5.52. The Morgan fingerprint density at radius 1 is 1.42 bits per heavy atom. The van der Waals surface area contributed by atoms with Crippen LogP contribution in [0.5, 0.6) is 0 Å². The molecular formula is C20H31N3O2S. The van der Waals surface area contributed by atoms with Crippen LogP contribution in [0.2, 0.25) is 0 Å². The van der Waals surface area contributed by atoms with Gasteiger partial charge in [0.15, 0.2) is 5.16 Å². The Morgan fingerprint density at radius 3 is 2.81 bits per heavy atom. The summed E-state index contributed by atoms with van der Waals surface area (Å²) in [5.41, 5.74) is 1.07.